The van der Waals surface area contributed by atoms with Gasteiger partial charge in [0.15, 0.2) is 5.76 Å². The van der Waals surface area contributed by atoms with Gasteiger partial charge in [0, 0.05) is 17.0 Å². The Balaban J connectivity index is 1.57. The van der Waals surface area contributed by atoms with E-state index in [0.717, 1.165) is 32.0 Å². The smallest absolute Gasteiger partial charge is 0.380 e. The number of hydrogen-bond donors (Lipinski definition) is 2. The normalized spacial score (nSPS) is 16.4. The SMILES string of the molecule is CC(C)Oc1ccc(C(O)C(CN2CCCC2)NC(=O)C(F)(F)c2cc3cc(Cl)ccc3o2)cc1Cl. The second kappa shape index (κ2) is 10.9. The molecule has 194 valence electrons. The number of rotatable bonds is 9. The lowest BCUT2D eigenvalue weighted by Crippen LogP contribution is -2.50. The average Bonchev–Trinajstić information content (AvgIpc) is 3.49. The summed E-state index contributed by atoms with van der Waals surface area (Å²) in [7, 11) is 0. The summed E-state index contributed by atoms with van der Waals surface area (Å²) in [5.41, 5.74) is 0.566. The van der Waals surface area contributed by atoms with Crippen molar-refractivity contribution >= 4 is 40.1 Å². The van der Waals surface area contributed by atoms with Gasteiger partial charge in [-0.1, -0.05) is 29.3 Å². The van der Waals surface area contributed by atoms with Crippen LogP contribution >= 0.6 is 23.2 Å². The highest BCUT2D eigenvalue weighted by Gasteiger charge is 2.46. The monoisotopic (exact) mass is 540 g/mol. The summed E-state index contributed by atoms with van der Waals surface area (Å²) in [4.78, 5) is 14.9. The van der Waals surface area contributed by atoms with Crippen LogP contribution in [0.1, 0.15) is 44.1 Å². The van der Waals surface area contributed by atoms with Crippen molar-refractivity contribution in [1.82, 2.24) is 10.2 Å². The van der Waals surface area contributed by atoms with Crippen LogP contribution in [-0.4, -0.2) is 47.7 Å². The first-order valence-corrected chi connectivity index (χ1v) is 12.5. The molecule has 0 aliphatic carbocycles. The third kappa shape index (κ3) is 5.94. The maximum absolute atomic E-state index is 15.2. The highest BCUT2D eigenvalue weighted by Crippen LogP contribution is 2.35. The zero-order valence-electron chi connectivity index (χ0n) is 19.9. The van der Waals surface area contributed by atoms with Gasteiger partial charge in [-0.25, -0.2) is 0 Å². The first kappa shape index (κ1) is 26.7. The number of likely N-dealkylation sites (tertiary alicyclic amines) is 1. The van der Waals surface area contributed by atoms with E-state index in [2.05, 4.69) is 5.32 Å². The van der Waals surface area contributed by atoms with E-state index in [4.69, 9.17) is 32.4 Å². The first-order valence-electron chi connectivity index (χ1n) is 11.8. The van der Waals surface area contributed by atoms with Crippen LogP contribution in [0.15, 0.2) is 46.9 Å². The van der Waals surface area contributed by atoms with E-state index >= 15 is 8.78 Å². The fraction of sp³-hybridized carbons (Fsp3) is 0.423. The molecule has 6 nitrogen and oxygen atoms in total. The Bertz CT molecular complexity index is 1230. The summed E-state index contributed by atoms with van der Waals surface area (Å²) >= 11 is 12.3. The third-order valence-corrected chi connectivity index (χ3v) is 6.61. The highest BCUT2D eigenvalue weighted by molar-refractivity contribution is 6.32. The number of fused-ring (bicyclic) bond motifs is 1. The molecule has 1 aliphatic rings. The largest absolute Gasteiger partial charge is 0.489 e. The van der Waals surface area contributed by atoms with E-state index in [1.54, 1.807) is 12.1 Å². The first-order chi connectivity index (χ1) is 17.0. The van der Waals surface area contributed by atoms with Crippen LogP contribution in [0.5, 0.6) is 5.75 Å². The predicted molar refractivity (Wildman–Crippen MR) is 135 cm³/mol. The average molecular weight is 541 g/mol. The van der Waals surface area contributed by atoms with Crippen LogP contribution in [-0.2, 0) is 10.7 Å². The molecule has 0 spiro atoms. The van der Waals surface area contributed by atoms with Crippen LogP contribution in [0.2, 0.25) is 10.0 Å². The quantitative estimate of drug-likeness (QED) is 0.351. The minimum atomic E-state index is -3.97. The number of hydrogen-bond acceptors (Lipinski definition) is 5. The fourth-order valence-electron chi connectivity index (χ4n) is 4.29. The molecule has 0 saturated carbocycles. The van der Waals surface area contributed by atoms with Gasteiger partial charge in [0.2, 0.25) is 0 Å². The number of furan rings is 1. The summed E-state index contributed by atoms with van der Waals surface area (Å²) in [5.74, 6) is -5.90. The van der Waals surface area contributed by atoms with Gasteiger partial charge in [-0.15, -0.1) is 0 Å². The third-order valence-electron chi connectivity index (χ3n) is 6.08. The Morgan fingerprint density at radius 1 is 1.17 bits per heavy atom. The molecule has 2 N–H and O–H groups in total. The number of halogens is 4. The Kier molecular flexibility index (Phi) is 8.09. The zero-order valence-corrected chi connectivity index (χ0v) is 21.5. The summed E-state index contributed by atoms with van der Waals surface area (Å²) in [6.07, 6.45) is 0.533. The zero-order chi connectivity index (χ0) is 26.0. The van der Waals surface area contributed by atoms with E-state index in [9.17, 15) is 9.90 Å². The van der Waals surface area contributed by atoms with Gasteiger partial charge in [0.1, 0.15) is 17.4 Å². The van der Waals surface area contributed by atoms with E-state index in [1.165, 1.54) is 24.3 Å². The summed E-state index contributed by atoms with van der Waals surface area (Å²) < 4.78 is 41.3. The van der Waals surface area contributed by atoms with E-state index < -0.39 is 29.7 Å². The van der Waals surface area contributed by atoms with Crippen molar-refractivity contribution in [3.05, 3.63) is 63.8 Å². The molecule has 0 radical (unpaired) electrons. The van der Waals surface area contributed by atoms with Crippen molar-refractivity contribution in [3.8, 4) is 5.75 Å². The molecule has 2 unspecified atom stereocenters. The van der Waals surface area contributed by atoms with Crippen molar-refractivity contribution < 1.29 is 27.8 Å². The van der Waals surface area contributed by atoms with Gasteiger partial charge in [0.05, 0.1) is 17.2 Å². The van der Waals surface area contributed by atoms with E-state index in [1.807, 2.05) is 18.7 Å². The maximum atomic E-state index is 15.2. The van der Waals surface area contributed by atoms with Crippen LogP contribution in [0.3, 0.4) is 0 Å². The second-order valence-corrected chi connectivity index (χ2v) is 10.1. The van der Waals surface area contributed by atoms with Crippen LogP contribution < -0.4 is 10.1 Å². The Morgan fingerprint density at radius 3 is 2.56 bits per heavy atom. The van der Waals surface area contributed by atoms with Gasteiger partial charge in [-0.2, -0.15) is 8.78 Å². The van der Waals surface area contributed by atoms with Gasteiger partial charge in [-0.05, 0) is 81.7 Å². The molecule has 4 rings (SSSR count). The number of nitrogens with zero attached hydrogens (tertiary/aromatic N) is 1. The van der Waals surface area contributed by atoms with Crippen molar-refractivity contribution in [2.24, 2.45) is 0 Å². The molecule has 1 fully saturated rings. The molecular formula is C26H28Cl2F2N2O4. The molecule has 1 aliphatic heterocycles. The number of carbonyl (C=O) groups excluding carboxylic acids is 1. The van der Waals surface area contributed by atoms with Crippen molar-refractivity contribution in [1.29, 1.82) is 0 Å². The lowest BCUT2D eigenvalue weighted by molar-refractivity contribution is -0.151. The molecule has 1 aromatic heterocycles. The minimum absolute atomic E-state index is 0.100. The number of amides is 1. The molecule has 2 heterocycles. The molecular weight excluding hydrogens is 513 g/mol. The van der Waals surface area contributed by atoms with Crippen LogP contribution in [0, 0.1) is 0 Å². The highest BCUT2D eigenvalue weighted by atomic mass is 35.5. The molecule has 2 aromatic carbocycles. The number of carbonyl (C=O) groups is 1. The topological polar surface area (TPSA) is 74.9 Å². The van der Waals surface area contributed by atoms with Crippen molar-refractivity contribution in [3.63, 3.8) is 0 Å². The Hall–Kier alpha value is -2.39. The minimum Gasteiger partial charge on any atom is -0.489 e. The molecule has 1 saturated heterocycles. The van der Waals surface area contributed by atoms with Crippen molar-refractivity contribution in [2.75, 3.05) is 19.6 Å². The number of ether oxygens (including phenoxy) is 1. The van der Waals surface area contributed by atoms with E-state index in [0.29, 0.717) is 21.7 Å². The van der Waals surface area contributed by atoms with Gasteiger partial charge < -0.3 is 24.5 Å². The van der Waals surface area contributed by atoms with Crippen LogP contribution in [0.25, 0.3) is 11.0 Å². The molecule has 2 atom stereocenters. The number of benzene rings is 2. The Labute approximate surface area is 218 Å². The second-order valence-electron chi connectivity index (χ2n) is 9.26. The summed E-state index contributed by atoms with van der Waals surface area (Å²) in [5, 5.41) is 14.5. The summed E-state index contributed by atoms with van der Waals surface area (Å²) in [6, 6.07) is 9.28. The van der Waals surface area contributed by atoms with Gasteiger partial charge in [0.25, 0.3) is 5.91 Å². The fourth-order valence-corrected chi connectivity index (χ4v) is 4.70. The van der Waals surface area contributed by atoms with Gasteiger partial charge in [-0.3, -0.25) is 4.79 Å². The van der Waals surface area contributed by atoms with Crippen LogP contribution in [0.4, 0.5) is 8.78 Å². The van der Waals surface area contributed by atoms with Crippen molar-refractivity contribution in [2.45, 2.75) is 50.9 Å². The predicted octanol–water partition coefficient (Wildman–Crippen LogP) is 5.93. The molecule has 1 amide bonds. The molecule has 10 heteroatoms. The maximum Gasteiger partial charge on any atom is 0.380 e. The molecule has 3 aromatic rings. The number of nitrogens with one attached hydrogen (secondary N) is 1. The number of alkyl halides is 2. The lowest BCUT2D eigenvalue weighted by Gasteiger charge is -2.30. The lowest BCUT2D eigenvalue weighted by atomic mass is 10.0. The molecule has 0 bridgehead atoms. The molecule has 36 heavy (non-hydrogen) atoms. The number of aliphatic hydroxyl groups excluding tert-OH is 1. The van der Waals surface area contributed by atoms with E-state index in [-0.39, 0.29) is 23.3 Å². The number of aliphatic hydroxyl groups is 1. The summed E-state index contributed by atoms with van der Waals surface area (Å²) in [6.45, 7) is 5.42. The van der Waals surface area contributed by atoms with Gasteiger partial charge >= 0.3 is 5.92 Å². The Morgan fingerprint density at radius 2 is 1.89 bits per heavy atom. The standard InChI is InChI=1S/C26H28Cl2F2N2O4/c1-15(2)35-22-7-5-16(12-19(22)28)24(33)20(14-32-9-3-4-10-32)31-25(34)26(29,30)23-13-17-11-18(27)6-8-21(17)36-23/h5-8,11-13,15,20,24,33H,3-4,9-10,14H2,1-2H3,(H,31,34).